The number of likely N-dealkylation sites (tertiary alicyclic amines) is 1. The third kappa shape index (κ3) is 4.08. The molecule has 0 N–H and O–H groups in total. The maximum Gasteiger partial charge on any atom is 0.167 e. The molecule has 0 bridgehead atoms. The van der Waals surface area contributed by atoms with Gasteiger partial charge in [0.25, 0.3) is 0 Å². The number of thiazole rings is 1. The summed E-state index contributed by atoms with van der Waals surface area (Å²) in [6, 6.07) is 5.46. The number of hydrogen-bond donors (Lipinski definition) is 0. The second-order valence-corrected chi connectivity index (χ2v) is 8.86. The summed E-state index contributed by atoms with van der Waals surface area (Å²) in [5.74, 6) is 1.48. The first-order valence-electron chi connectivity index (χ1n) is 10.1. The number of fused-ring (bicyclic) bond motifs is 1. The van der Waals surface area contributed by atoms with Gasteiger partial charge in [-0.2, -0.15) is 0 Å². The van der Waals surface area contributed by atoms with E-state index in [2.05, 4.69) is 4.90 Å². The van der Waals surface area contributed by atoms with E-state index >= 15 is 0 Å². The number of benzene rings is 1. The van der Waals surface area contributed by atoms with Gasteiger partial charge in [-0.1, -0.05) is 0 Å². The summed E-state index contributed by atoms with van der Waals surface area (Å²) in [6.07, 6.45) is 6.87. The number of carbonyl (C=O) groups excluding carboxylic acids is 1. The number of aromatic nitrogens is 1. The van der Waals surface area contributed by atoms with Crippen LogP contribution in [0.15, 0.2) is 18.2 Å². The van der Waals surface area contributed by atoms with E-state index in [-0.39, 0.29) is 11.7 Å². The molecule has 1 aromatic carbocycles. The van der Waals surface area contributed by atoms with Crippen molar-refractivity contribution in [3.63, 3.8) is 0 Å². The summed E-state index contributed by atoms with van der Waals surface area (Å²) in [5, 5.41) is 1.21. The maximum atomic E-state index is 13.1. The Hall–Kier alpha value is -1.92. The minimum absolute atomic E-state index is 0.0291. The predicted molar refractivity (Wildman–Crippen MR) is 111 cm³/mol. The first-order chi connectivity index (χ1) is 13.7. The van der Waals surface area contributed by atoms with Crippen LogP contribution in [0.1, 0.15) is 51.6 Å². The Labute approximate surface area is 170 Å². The molecule has 5 nitrogen and oxygen atoms in total. The number of aryl methyl sites for hydroxylation is 2. The molecule has 1 aromatic heterocycles. The average Bonchev–Trinajstić information content (AvgIpc) is 3.15. The van der Waals surface area contributed by atoms with Crippen LogP contribution in [0.25, 0.3) is 0 Å². The number of ether oxygens (including phenoxy) is 2. The molecule has 1 aliphatic heterocycles. The highest BCUT2D eigenvalue weighted by Gasteiger charge is 2.28. The van der Waals surface area contributed by atoms with Crippen molar-refractivity contribution < 1.29 is 14.3 Å². The van der Waals surface area contributed by atoms with Crippen molar-refractivity contribution in [3.8, 4) is 11.5 Å². The van der Waals surface area contributed by atoms with Gasteiger partial charge in [0.1, 0.15) is 5.01 Å². The van der Waals surface area contributed by atoms with Gasteiger partial charge in [0.05, 0.1) is 26.5 Å². The molecule has 150 valence electrons. The molecule has 2 aliphatic rings. The maximum absolute atomic E-state index is 13.1. The zero-order chi connectivity index (χ0) is 19.5. The van der Waals surface area contributed by atoms with E-state index in [1.54, 1.807) is 20.3 Å². The average molecular weight is 401 g/mol. The molecule has 1 saturated heterocycles. The molecule has 1 atom stereocenters. The Bertz CT molecular complexity index is 825. The lowest BCUT2D eigenvalue weighted by Gasteiger charge is -2.31. The van der Waals surface area contributed by atoms with E-state index in [0.29, 0.717) is 17.1 Å². The Morgan fingerprint density at radius 3 is 2.79 bits per heavy atom. The highest BCUT2D eigenvalue weighted by atomic mass is 32.1. The molecule has 6 heteroatoms. The molecule has 1 fully saturated rings. The van der Waals surface area contributed by atoms with Crippen molar-refractivity contribution in [2.24, 2.45) is 5.92 Å². The van der Waals surface area contributed by atoms with Crippen LogP contribution in [0.2, 0.25) is 0 Å². The molecule has 0 amide bonds. The number of hydrogen-bond acceptors (Lipinski definition) is 6. The van der Waals surface area contributed by atoms with E-state index in [0.717, 1.165) is 38.9 Å². The Morgan fingerprint density at radius 1 is 1.18 bits per heavy atom. The van der Waals surface area contributed by atoms with Gasteiger partial charge in [-0.25, -0.2) is 4.98 Å². The fourth-order valence-electron chi connectivity index (χ4n) is 4.30. The first-order valence-corrected chi connectivity index (χ1v) is 11.0. The number of methoxy groups -OCH3 is 2. The Kier molecular flexibility index (Phi) is 5.97. The summed E-state index contributed by atoms with van der Waals surface area (Å²) < 4.78 is 10.6. The van der Waals surface area contributed by atoms with Crippen molar-refractivity contribution in [1.82, 2.24) is 9.88 Å². The standard InChI is InChI=1S/C22H28N2O3S/c1-26-18-10-9-15(12-19(18)27-2)22(25)16-6-5-11-24(13-16)14-21-23-17-7-3-4-8-20(17)28-21/h9-10,12,16H,3-8,11,13-14H2,1-2H3/t16-/m0/s1. The van der Waals surface area contributed by atoms with E-state index < -0.39 is 0 Å². The summed E-state index contributed by atoms with van der Waals surface area (Å²) in [7, 11) is 3.21. The molecule has 28 heavy (non-hydrogen) atoms. The minimum atomic E-state index is 0.0291. The molecular weight excluding hydrogens is 372 g/mol. The number of nitrogens with zero attached hydrogens (tertiary/aromatic N) is 2. The third-order valence-electron chi connectivity index (χ3n) is 5.79. The van der Waals surface area contributed by atoms with Crippen LogP contribution in [0.5, 0.6) is 11.5 Å². The highest BCUT2D eigenvalue weighted by molar-refractivity contribution is 7.11. The van der Waals surface area contributed by atoms with Gasteiger partial charge in [0, 0.05) is 22.9 Å². The summed E-state index contributed by atoms with van der Waals surface area (Å²) in [5.41, 5.74) is 2.02. The van der Waals surface area contributed by atoms with E-state index in [1.807, 2.05) is 23.5 Å². The lowest BCUT2D eigenvalue weighted by molar-refractivity contribution is 0.0811. The number of Topliss-reactive ketones (excluding diaryl/α,β-unsaturated/α-hetero) is 1. The zero-order valence-corrected chi connectivity index (χ0v) is 17.5. The van der Waals surface area contributed by atoms with Crippen molar-refractivity contribution in [1.29, 1.82) is 0 Å². The van der Waals surface area contributed by atoms with Gasteiger partial charge in [-0.05, 0) is 63.3 Å². The van der Waals surface area contributed by atoms with Gasteiger partial charge >= 0.3 is 0 Å². The van der Waals surface area contributed by atoms with Gasteiger partial charge in [0.15, 0.2) is 17.3 Å². The van der Waals surface area contributed by atoms with Gasteiger partial charge < -0.3 is 9.47 Å². The van der Waals surface area contributed by atoms with E-state index in [4.69, 9.17) is 14.5 Å². The lowest BCUT2D eigenvalue weighted by atomic mass is 9.90. The predicted octanol–water partition coefficient (Wildman–Crippen LogP) is 4.13. The summed E-state index contributed by atoms with van der Waals surface area (Å²) in [4.78, 5) is 21.8. The van der Waals surface area contributed by atoms with Crippen LogP contribution in [-0.4, -0.2) is 43.0 Å². The fraction of sp³-hybridized carbons (Fsp3) is 0.545. The molecule has 0 radical (unpaired) electrons. The molecule has 1 aliphatic carbocycles. The van der Waals surface area contributed by atoms with Crippen LogP contribution in [0.4, 0.5) is 0 Å². The van der Waals surface area contributed by atoms with Crippen molar-refractivity contribution in [2.75, 3.05) is 27.3 Å². The molecule has 0 spiro atoms. The van der Waals surface area contributed by atoms with Crippen LogP contribution < -0.4 is 9.47 Å². The molecular formula is C22H28N2O3S. The Balaban J connectivity index is 1.43. The molecule has 2 aromatic rings. The summed E-state index contributed by atoms with van der Waals surface area (Å²) >= 11 is 1.88. The van der Waals surface area contributed by atoms with Crippen LogP contribution in [-0.2, 0) is 19.4 Å². The second kappa shape index (κ2) is 8.62. The first kappa shape index (κ1) is 19.4. The van der Waals surface area contributed by atoms with Crippen LogP contribution in [0, 0.1) is 5.92 Å². The molecule has 2 heterocycles. The van der Waals surface area contributed by atoms with Crippen LogP contribution in [0.3, 0.4) is 0 Å². The lowest BCUT2D eigenvalue weighted by Crippen LogP contribution is -2.38. The topological polar surface area (TPSA) is 51.7 Å². The van der Waals surface area contributed by atoms with Crippen molar-refractivity contribution in [3.05, 3.63) is 39.3 Å². The SMILES string of the molecule is COc1ccc(C(=O)[C@H]2CCCN(Cc3nc4c(s3)CCCC4)C2)cc1OC. The zero-order valence-electron chi connectivity index (χ0n) is 16.7. The molecule has 0 saturated carbocycles. The number of piperidine rings is 1. The van der Waals surface area contributed by atoms with Gasteiger partial charge in [0.2, 0.25) is 0 Å². The molecule has 0 unspecified atom stereocenters. The normalized spacial score (nSPS) is 19.9. The largest absolute Gasteiger partial charge is 0.493 e. The van der Waals surface area contributed by atoms with E-state index in [1.165, 1.54) is 34.8 Å². The van der Waals surface area contributed by atoms with Crippen molar-refractivity contribution in [2.45, 2.75) is 45.1 Å². The third-order valence-corrected chi connectivity index (χ3v) is 6.94. The summed E-state index contributed by atoms with van der Waals surface area (Å²) in [6.45, 7) is 2.71. The Morgan fingerprint density at radius 2 is 2.00 bits per heavy atom. The fourth-order valence-corrected chi connectivity index (χ4v) is 5.50. The minimum Gasteiger partial charge on any atom is -0.493 e. The quantitative estimate of drug-likeness (QED) is 0.683. The number of ketones is 1. The van der Waals surface area contributed by atoms with Crippen molar-refractivity contribution >= 4 is 17.1 Å². The van der Waals surface area contributed by atoms with Gasteiger partial charge in [-0.15, -0.1) is 11.3 Å². The van der Waals surface area contributed by atoms with Crippen LogP contribution >= 0.6 is 11.3 Å². The smallest absolute Gasteiger partial charge is 0.167 e. The highest BCUT2D eigenvalue weighted by Crippen LogP contribution is 2.31. The van der Waals surface area contributed by atoms with E-state index in [9.17, 15) is 4.79 Å². The monoisotopic (exact) mass is 400 g/mol. The second-order valence-electron chi connectivity index (χ2n) is 7.69. The number of carbonyl (C=O) groups is 1. The number of rotatable bonds is 6. The molecule has 4 rings (SSSR count). The van der Waals surface area contributed by atoms with Gasteiger partial charge in [-0.3, -0.25) is 9.69 Å².